The molecule has 1 heterocycles. The van der Waals surface area contributed by atoms with Crippen molar-refractivity contribution in [2.24, 2.45) is 0 Å². The highest BCUT2D eigenvalue weighted by molar-refractivity contribution is 7.92. The summed E-state index contributed by atoms with van der Waals surface area (Å²) < 4.78 is 25.9. The van der Waals surface area contributed by atoms with Crippen LogP contribution in [-0.2, 0) is 21.2 Å². The molecule has 0 aliphatic rings. The van der Waals surface area contributed by atoms with Gasteiger partial charge in [0.1, 0.15) is 5.82 Å². The van der Waals surface area contributed by atoms with Gasteiger partial charge >= 0.3 is 0 Å². The number of anilines is 2. The number of carbonyl (C=O) groups excluding carboxylic acids is 1. The minimum atomic E-state index is -3.35. The van der Waals surface area contributed by atoms with Gasteiger partial charge in [0, 0.05) is 18.5 Å². The Kier molecular flexibility index (Phi) is 6.51. The number of amides is 1. The standard InChI is InChI=1S/C21H24N4O4S/c1-3-30(28,29)25-17-12-11-15(13-14(17)2)22-20(26)10-6-9-19-23-18-8-5-4-7-16(18)21(27)24-19/h4-5,7-8,11-13,25H,3,6,9-10H2,1-2H3,(H,22,26)(H,23,24,27). The highest BCUT2D eigenvalue weighted by atomic mass is 32.2. The van der Waals surface area contributed by atoms with Crippen molar-refractivity contribution in [2.75, 3.05) is 15.8 Å². The summed E-state index contributed by atoms with van der Waals surface area (Å²) in [7, 11) is -3.35. The molecular formula is C21H24N4O4S. The number of carbonyl (C=O) groups is 1. The van der Waals surface area contributed by atoms with Crippen molar-refractivity contribution in [3.05, 3.63) is 64.2 Å². The van der Waals surface area contributed by atoms with Crippen LogP contribution in [0.15, 0.2) is 47.3 Å². The molecular weight excluding hydrogens is 404 g/mol. The van der Waals surface area contributed by atoms with E-state index in [1.165, 1.54) is 0 Å². The van der Waals surface area contributed by atoms with Crippen LogP contribution in [0.5, 0.6) is 0 Å². The molecule has 1 amide bonds. The predicted octanol–water partition coefficient (Wildman–Crippen LogP) is 2.95. The number of nitrogens with one attached hydrogen (secondary N) is 3. The highest BCUT2D eigenvalue weighted by Gasteiger charge is 2.10. The Balaban J connectivity index is 1.56. The van der Waals surface area contributed by atoms with E-state index >= 15 is 0 Å². The molecule has 0 fully saturated rings. The second-order valence-electron chi connectivity index (χ2n) is 6.97. The quantitative estimate of drug-likeness (QED) is 0.509. The molecule has 3 rings (SSSR count). The van der Waals surface area contributed by atoms with Gasteiger partial charge in [-0.3, -0.25) is 14.3 Å². The molecule has 0 spiro atoms. The third kappa shape index (κ3) is 5.44. The van der Waals surface area contributed by atoms with Gasteiger partial charge in [-0.1, -0.05) is 12.1 Å². The van der Waals surface area contributed by atoms with Crippen molar-refractivity contribution in [1.29, 1.82) is 0 Å². The average Bonchev–Trinajstić information content (AvgIpc) is 2.70. The summed E-state index contributed by atoms with van der Waals surface area (Å²) in [5.74, 6) is 0.372. The second kappa shape index (κ2) is 9.08. The van der Waals surface area contributed by atoms with Crippen LogP contribution >= 0.6 is 0 Å². The summed E-state index contributed by atoms with van der Waals surface area (Å²) in [5.41, 5.74) is 2.24. The van der Waals surface area contributed by atoms with Crippen LogP contribution in [0.2, 0.25) is 0 Å². The van der Waals surface area contributed by atoms with Crippen LogP contribution in [-0.4, -0.2) is 30.0 Å². The van der Waals surface area contributed by atoms with Crippen molar-refractivity contribution in [3.8, 4) is 0 Å². The average molecular weight is 429 g/mol. The summed E-state index contributed by atoms with van der Waals surface area (Å²) in [6.07, 6.45) is 1.27. The zero-order valence-electron chi connectivity index (χ0n) is 16.9. The minimum Gasteiger partial charge on any atom is -0.326 e. The Hall–Kier alpha value is -3.20. The van der Waals surface area contributed by atoms with Crippen molar-refractivity contribution in [3.63, 3.8) is 0 Å². The van der Waals surface area contributed by atoms with Gasteiger partial charge in [0.15, 0.2) is 0 Å². The van der Waals surface area contributed by atoms with E-state index in [9.17, 15) is 18.0 Å². The van der Waals surface area contributed by atoms with Gasteiger partial charge in [-0.15, -0.1) is 0 Å². The van der Waals surface area contributed by atoms with Gasteiger partial charge in [-0.05, 0) is 56.2 Å². The third-order valence-corrected chi connectivity index (χ3v) is 5.93. The van der Waals surface area contributed by atoms with Gasteiger partial charge in [-0.2, -0.15) is 0 Å². The maximum absolute atomic E-state index is 12.2. The molecule has 158 valence electrons. The van der Waals surface area contributed by atoms with E-state index < -0.39 is 10.0 Å². The van der Waals surface area contributed by atoms with Crippen LogP contribution < -0.4 is 15.6 Å². The van der Waals surface area contributed by atoms with Crippen molar-refractivity contribution >= 4 is 38.2 Å². The molecule has 8 nitrogen and oxygen atoms in total. The fourth-order valence-electron chi connectivity index (χ4n) is 2.99. The SMILES string of the molecule is CCS(=O)(=O)Nc1ccc(NC(=O)CCCc2nc3ccccc3c(=O)[nH]2)cc1C. The molecule has 0 aliphatic carbocycles. The van der Waals surface area contributed by atoms with E-state index in [-0.39, 0.29) is 23.6 Å². The molecule has 0 unspecified atom stereocenters. The summed E-state index contributed by atoms with van der Waals surface area (Å²) in [4.78, 5) is 31.5. The van der Waals surface area contributed by atoms with Gasteiger partial charge in [0.2, 0.25) is 15.9 Å². The number of aromatic nitrogens is 2. The first-order chi connectivity index (χ1) is 14.3. The van der Waals surface area contributed by atoms with Crippen LogP contribution in [0.1, 0.15) is 31.2 Å². The Labute approximate surface area is 174 Å². The Bertz CT molecular complexity index is 1240. The number of para-hydroxylation sites is 1. The number of sulfonamides is 1. The van der Waals surface area contributed by atoms with Crippen molar-refractivity contribution in [2.45, 2.75) is 33.1 Å². The first kappa shape index (κ1) is 21.5. The maximum Gasteiger partial charge on any atom is 0.258 e. The number of fused-ring (bicyclic) bond motifs is 1. The first-order valence-corrected chi connectivity index (χ1v) is 11.3. The topological polar surface area (TPSA) is 121 Å². The molecule has 0 saturated heterocycles. The summed E-state index contributed by atoms with van der Waals surface area (Å²) in [6, 6.07) is 12.1. The normalized spacial score (nSPS) is 11.4. The van der Waals surface area contributed by atoms with E-state index in [0.29, 0.717) is 46.5 Å². The van der Waals surface area contributed by atoms with Gasteiger partial charge < -0.3 is 10.3 Å². The third-order valence-electron chi connectivity index (χ3n) is 4.63. The van der Waals surface area contributed by atoms with E-state index in [4.69, 9.17) is 0 Å². The molecule has 0 radical (unpaired) electrons. The van der Waals surface area contributed by atoms with E-state index in [1.54, 1.807) is 50.2 Å². The monoisotopic (exact) mass is 428 g/mol. The molecule has 30 heavy (non-hydrogen) atoms. The fourth-order valence-corrected chi connectivity index (χ4v) is 3.70. The lowest BCUT2D eigenvalue weighted by Crippen LogP contribution is -2.16. The van der Waals surface area contributed by atoms with E-state index in [1.807, 2.05) is 6.07 Å². The number of H-pyrrole nitrogens is 1. The van der Waals surface area contributed by atoms with E-state index in [2.05, 4.69) is 20.0 Å². The Morgan fingerprint density at radius 1 is 1.17 bits per heavy atom. The Morgan fingerprint density at radius 2 is 1.93 bits per heavy atom. The molecule has 3 N–H and O–H groups in total. The zero-order valence-corrected chi connectivity index (χ0v) is 17.7. The van der Waals surface area contributed by atoms with Gasteiger partial charge in [-0.25, -0.2) is 13.4 Å². The van der Waals surface area contributed by atoms with Crippen LogP contribution in [0.25, 0.3) is 10.9 Å². The largest absolute Gasteiger partial charge is 0.326 e. The lowest BCUT2D eigenvalue weighted by molar-refractivity contribution is -0.116. The van der Waals surface area contributed by atoms with Crippen molar-refractivity contribution < 1.29 is 13.2 Å². The number of hydrogen-bond donors (Lipinski definition) is 3. The summed E-state index contributed by atoms with van der Waals surface area (Å²) in [6.45, 7) is 3.33. The lowest BCUT2D eigenvalue weighted by Gasteiger charge is -2.11. The Morgan fingerprint density at radius 3 is 2.67 bits per heavy atom. The zero-order chi connectivity index (χ0) is 21.7. The molecule has 9 heteroatoms. The van der Waals surface area contributed by atoms with Gasteiger partial charge in [0.05, 0.1) is 22.3 Å². The predicted molar refractivity (Wildman–Crippen MR) is 118 cm³/mol. The minimum absolute atomic E-state index is 0.0116. The summed E-state index contributed by atoms with van der Waals surface area (Å²) >= 11 is 0. The number of aryl methyl sites for hydroxylation is 2. The van der Waals surface area contributed by atoms with Crippen LogP contribution in [0, 0.1) is 6.92 Å². The number of hydrogen-bond acceptors (Lipinski definition) is 5. The second-order valence-corrected chi connectivity index (χ2v) is 8.98. The smallest absolute Gasteiger partial charge is 0.258 e. The van der Waals surface area contributed by atoms with Crippen LogP contribution in [0.3, 0.4) is 0 Å². The van der Waals surface area contributed by atoms with Crippen molar-refractivity contribution in [1.82, 2.24) is 9.97 Å². The number of aromatic amines is 1. The molecule has 2 aromatic carbocycles. The molecule has 1 aromatic heterocycles. The maximum atomic E-state index is 12.2. The summed E-state index contributed by atoms with van der Waals surface area (Å²) in [5, 5.41) is 3.35. The number of nitrogens with zero attached hydrogens (tertiary/aromatic N) is 1. The molecule has 0 atom stereocenters. The lowest BCUT2D eigenvalue weighted by atomic mass is 10.1. The number of benzene rings is 2. The number of rotatable bonds is 8. The van der Waals surface area contributed by atoms with Gasteiger partial charge in [0.25, 0.3) is 5.56 Å². The first-order valence-electron chi connectivity index (χ1n) is 9.66. The molecule has 0 aliphatic heterocycles. The molecule has 0 saturated carbocycles. The van der Waals surface area contributed by atoms with E-state index in [0.717, 1.165) is 0 Å². The molecule has 0 bridgehead atoms. The molecule has 3 aromatic rings. The fraction of sp³-hybridized carbons (Fsp3) is 0.286. The highest BCUT2D eigenvalue weighted by Crippen LogP contribution is 2.21. The van der Waals surface area contributed by atoms with Crippen LogP contribution in [0.4, 0.5) is 11.4 Å².